The van der Waals surface area contributed by atoms with Crippen molar-refractivity contribution in [1.82, 2.24) is 9.97 Å². The summed E-state index contributed by atoms with van der Waals surface area (Å²) in [5.41, 5.74) is 2.56. The molecule has 0 saturated heterocycles. The minimum absolute atomic E-state index is 0.767. The Morgan fingerprint density at radius 3 is 2.95 bits per heavy atom. The minimum Gasteiger partial charge on any atom is -0.346 e. The molecular weight excluding hydrogens is 320 g/mol. The number of aromatic nitrogens is 2. The smallest absolute Gasteiger partial charge is 0.133 e. The molecule has 1 aromatic heterocycles. The van der Waals surface area contributed by atoms with Crippen LogP contribution in [0.2, 0.25) is 5.02 Å². The van der Waals surface area contributed by atoms with Gasteiger partial charge in [-0.3, -0.25) is 0 Å². The summed E-state index contributed by atoms with van der Waals surface area (Å²) >= 11 is 13.2. The maximum atomic E-state index is 6.01. The summed E-state index contributed by atoms with van der Waals surface area (Å²) in [7, 11) is 0. The third-order valence-corrected chi connectivity index (χ3v) is 5.26. The van der Waals surface area contributed by atoms with E-state index in [1.807, 2.05) is 18.2 Å². The lowest BCUT2D eigenvalue weighted by Crippen LogP contribution is -2.03. The van der Waals surface area contributed by atoms with Crippen molar-refractivity contribution in [2.75, 3.05) is 0 Å². The molecule has 0 fully saturated rings. The Kier molecular flexibility index (Phi) is 4.99. The number of rotatable bonds is 3. The van der Waals surface area contributed by atoms with Gasteiger partial charge in [0.2, 0.25) is 0 Å². The molecule has 5 heteroatoms. The highest BCUT2D eigenvalue weighted by atomic mass is 35.5. The lowest BCUT2D eigenvalue weighted by Gasteiger charge is -2.09. The molecule has 1 N–H and O–H groups in total. The Morgan fingerprint density at radius 2 is 2.10 bits per heavy atom. The van der Waals surface area contributed by atoms with Crippen LogP contribution in [-0.4, -0.2) is 9.97 Å². The van der Waals surface area contributed by atoms with Crippen molar-refractivity contribution in [2.24, 2.45) is 0 Å². The highest BCUT2D eigenvalue weighted by molar-refractivity contribution is 7.98. The Labute approximate surface area is 139 Å². The van der Waals surface area contributed by atoms with Gasteiger partial charge >= 0.3 is 0 Å². The number of nitrogens with one attached hydrogen (secondary N) is 1. The van der Waals surface area contributed by atoms with Gasteiger partial charge in [0.15, 0.2) is 0 Å². The molecule has 0 saturated carbocycles. The van der Waals surface area contributed by atoms with Gasteiger partial charge in [-0.15, -0.1) is 11.8 Å². The number of hydrogen-bond donors (Lipinski definition) is 1. The number of halogens is 1. The van der Waals surface area contributed by atoms with Crippen LogP contribution in [0.5, 0.6) is 0 Å². The number of fused-ring (bicyclic) bond motifs is 1. The molecule has 1 aliphatic rings. The Hall–Kier alpha value is -0.840. The van der Waals surface area contributed by atoms with Crippen LogP contribution in [0.4, 0.5) is 0 Å². The van der Waals surface area contributed by atoms with Gasteiger partial charge in [-0.05, 0) is 43.9 Å². The Balaban J connectivity index is 1.78. The monoisotopic (exact) mass is 336 g/mol. The quantitative estimate of drug-likeness (QED) is 0.465. The zero-order chi connectivity index (χ0) is 14.7. The van der Waals surface area contributed by atoms with Gasteiger partial charge in [0.1, 0.15) is 10.5 Å². The minimum atomic E-state index is 0.767. The van der Waals surface area contributed by atoms with E-state index >= 15 is 0 Å². The van der Waals surface area contributed by atoms with Gasteiger partial charge in [0.05, 0.1) is 5.75 Å². The summed E-state index contributed by atoms with van der Waals surface area (Å²) in [6, 6.07) is 7.90. The molecule has 3 rings (SSSR count). The van der Waals surface area contributed by atoms with Crippen LogP contribution in [0.25, 0.3) is 0 Å². The summed E-state index contributed by atoms with van der Waals surface area (Å²) in [6.07, 6.45) is 5.91. The van der Waals surface area contributed by atoms with E-state index in [-0.39, 0.29) is 0 Å². The molecule has 0 spiro atoms. The van der Waals surface area contributed by atoms with Crippen molar-refractivity contribution in [3.63, 3.8) is 0 Å². The summed E-state index contributed by atoms with van der Waals surface area (Å²) in [4.78, 5) is 9.22. The molecule has 0 amide bonds. The molecule has 1 aliphatic carbocycles. The fourth-order valence-electron chi connectivity index (χ4n) is 2.63. The largest absolute Gasteiger partial charge is 0.346 e. The van der Waals surface area contributed by atoms with Crippen molar-refractivity contribution in [3.8, 4) is 0 Å². The second kappa shape index (κ2) is 6.95. The Bertz CT molecular complexity index is 697. The molecule has 0 unspecified atom stereocenters. The van der Waals surface area contributed by atoms with Gasteiger partial charge in [-0.25, -0.2) is 4.98 Å². The number of H-pyrrole nitrogens is 1. The SMILES string of the molecule is S=c1nc(CSc2cccc(Cl)c2)[nH]c2c1CCCCC2. The third kappa shape index (κ3) is 3.87. The van der Waals surface area contributed by atoms with Crippen LogP contribution in [-0.2, 0) is 18.6 Å². The maximum absolute atomic E-state index is 6.01. The first-order valence-electron chi connectivity index (χ1n) is 7.22. The van der Waals surface area contributed by atoms with Gasteiger partial charge in [0, 0.05) is 21.2 Å². The molecular formula is C16H17ClN2S2. The average molecular weight is 337 g/mol. The fraction of sp³-hybridized carbons (Fsp3) is 0.375. The lowest BCUT2D eigenvalue weighted by molar-refractivity contribution is 0.708. The van der Waals surface area contributed by atoms with E-state index in [4.69, 9.17) is 23.8 Å². The topological polar surface area (TPSA) is 28.7 Å². The molecule has 0 radical (unpaired) electrons. The second-order valence-electron chi connectivity index (χ2n) is 5.25. The van der Waals surface area contributed by atoms with Gasteiger partial charge in [-0.2, -0.15) is 0 Å². The first-order valence-corrected chi connectivity index (χ1v) is 8.99. The van der Waals surface area contributed by atoms with Crippen molar-refractivity contribution >= 4 is 35.6 Å². The summed E-state index contributed by atoms with van der Waals surface area (Å²) in [6.45, 7) is 0. The molecule has 110 valence electrons. The highest BCUT2D eigenvalue weighted by Gasteiger charge is 2.12. The zero-order valence-electron chi connectivity index (χ0n) is 11.7. The Morgan fingerprint density at radius 1 is 1.24 bits per heavy atom. The normalized spacial score (nSPS) is 14.5. The third-order valence-electron chi connectivity index (χ3n) is 3.68. The summed E-state index contributed by atoms with van der Waals surface area (Å²) in [5.74, 6) is 1.75. The molecule has 21 heavy (non-hydrogen) atoms. The van der Waals surface area contributed by atoms with Gasteiger partial charge < -0.3 is 4.98 Å². The van der Waals surface area contributed by atoms with Crippen molar-refractivity contribution in [2.45, 2.75) is 42.8 Å². The van der Waals surface area contributed by atoms with Crippen LogP contribution in [0.15, 0.2) is 29.2 Å². The molecule has 0 bridgehead atoms. The van der Waals surface area contributed by atoms with E-state index in [1.54, 1.807) is 11.8 Å². The van der Waals surface area contributed by atoms with Crippen molar-refractivity contribution in [1.29, 1.82) is 0 Å². The molecule has 2 nitrogen and oxygen atoms in total. The molecule has 0 aliphatic heterocycles. The first kappa shape index (κ1) is 15.1. The van der Waals surface area contributed by atoms with E-state index in [0.717, 1.165) is 39.0 Å². The maximum Gasteiger partial charge on any atom is 0.133 e. The first-order chi connectivity index (χ1) is 10.2. The van der Waals surface area contributed by atoms with Gasteiger partial charge in [0.25, 0.3) is 0 Å². The average Bonchev–Trinajstić information content (AvgIpc) is 2.71. The standard InChI is InChI=1S/C16H17ClN2S2/c17-11-5-4-6-12(9-11)21-10-15-18-14-8-3-1-2-7-13(14)16(20)19-15/h4-6,9H,1-3,7-8,10H2,(H,18,19,20). The van der Waals surface area contributed by atoms with E-state index in [2.05, 4.69) is 16.0 Å². The van der Waals surface area contributed by atoms with Crippen molar-refractivity contribution in [3.05, 3.63) is 51.0 Å². The van der Waals surface area contributed by atoms with Crippen LogP contribution in [0.3, 0.4) is 0 Å². The number of nitrogens with zero attached hydrogens (tertiary/aromatic N) is 1. The van der Waals surface area contributed by atoms with E-state index in [9.17, 15) is 0 Å². The van der Waals surface area contributed by atoms with E-state index in [0.29, 0.717) is 0 Å². The van der Waals surface area contributed by atoms with Crippen LogP contribution in [0, 0.1) is 4.64 Å². The van der Waals surface area contributed by atoms with Crippen LogP contribution >= 0.6 is 35.6 Å². The summed E-state index contributed by atoms with van der Waals surface area (Å²) < 4.78 is 0.785. The number of thioether (sulfide) groups is 1. The zero-order valence-corrected chi connectivity index (χ0v) is 14.1. The number of aryl methyl sites for hydroxylation is 1. The van der Waals surface area contributed by atoms with Crippen molar-refractivity contribution < 1.29 is 0 Å². The molecule has 2 aromatic rings. The predicted octanol–water partition coefficient (Wildman–Crippen LogP) is 5.35. The molecule has 1 heterocycles. The lowest BCUT2D eigenvalue weighted by atomic mass is 10.1. The fourth-order valence-corrected chi connectivity index (χ4v) is 4.04. The molecule has 0 atom stereocenters. The van der Waals surface area contributed by atoms with Gasteiger partial charge in [-0.1, -0.05) is 36.3 Å². The van der Waals surface area contributed by atoms with E-state index < -0.39 is 0 Å². The predicted molar refractivity (Wildman–Crippen MR) is 91.7 cm³/mol. The highest BCUT2D eigenvalue weighted by Crippen LogP contribution is 2.25. The van der Waals surface area contributed by atoms with Crippen LogP contribution in [0.1, 0.15) is 36.3 Å². The van der Waals surface area contributed by atoms with Crippen LogP contribution < -0.4 is 0 Å². The van der Waals surface area contributed by atoms with E-state index in [1.165, 1.54) is 30.5 Å². The summed E-state index contributed by atoms with van der Waals surface area (Å²) in [5, 5.41) is 0.767. The number of hydrogen-bond acceptors (Lipinski definition) is 3. The number of aromatic amines is 1. The molecule has 1 aromatic carbocycles. The second-order valence-corrected chi connectivity index (χ2v) is 7.12. The number of benzene rings is 1.